The fourth-order valence-electron chi connectivity index (χ4n) is 1.54. The lowest BCUT2D eigenvalue weighted by Gasteiger charge is -2.00. The summed E-state index contributed by atoms with van der Waals surface area (Å²) in [5.74, 6) is 1.44. The van der Waals surface area contributed by atoms with Gasteiger partial charge in [-0.1, -0.05) is 0 Å². The van der Waals surface area contributed by atoms with Gasteiger partial charge in [-0.25, -0.2) is 0 Å². The summed E-state index contributed by atoms with van der Waals surface area (Å²) < 4.78 is 17.4. The third-order valence-electron chi connectivity index (χ3n) is 2.50. The van der Waals surface area contributed by atoms with Crippen LogP contribution in [0.15, 0.2) is 45.7 Å². The van der Waals surface area contributed by atoms with Gasteiger partial charge in [0.15, 0.2) is 0 Å². The first-order valence-electron chi connectivity index (χ1n) is 5.50. The maximum atomic E-state index is 12.0. The Morgan fingerprint density at radius 3 is 2.32 bits per heavy atom. The lowest BCUT2D eigenvalue weighted by Crippen LogP contribution is -1.96. The Morgan fingerprint density at radius 2 is 1.79 bits per heavy atom. The van der Waals surface area contributed by atoms with Gasteiger partial charge in [0.2, 0.25) is 0 Å². The number of furan rings is 1. The number of non-ortho nitro benzene ring substituents is 1. The molecule has 0 fully saturated rings. The molecule has 19 heavy (non-hydrogen) atoms. The zero-order chi connectivity index (χ0) is 13.8. The molecule has 0 bridgehead atoms. The number of nitro benzene ring substituents is 1. The monoisotopic (exact) mass is 280 g/mol. The smallest absolute Gasteiger partial charge is 0.269 e. The zero-order valence-corrected chi connectivity index (χ0v) is 10.8. The van der Waals surface area contributed by atoms with Crippen molar-refractivity contribution in [1.82, 2.24) is 0 Å². The molecule has 7 heteroatoms. The van der Waals surface area contributed by atoms with Gasteiger partial charge in [0.1, 0.15) is 11.5 Å². The van der Waals surface area contributed by atoms with Gasteiger partial charge in [-0.2, -0.15) is 0 Å². The van der Waals surface area contributed by atoms with Crippen LogP contribution >= 0.6 is 0 Å². The summed E-state index contributed by atoms with van der Waals surface area (Å²) in [5.41, 5.74) is 5.39. The highest BCUT2D eigenvalue weighted by Gasteiger charge is 2.11. The molecule has 2 N–H and O–H groups in total. The van der Waals surface area contributed by atoms with Crippen LogP contribution in [-0.4, -0.2) is 9.13 Å². The first-order chi connectivity index (χ1) is 9.10. The van der Waals surface area contributed by atoms with E-state index in [1.165, 1.54) is 24.3 Å². The van der Waals surface area contributed by atoms with Crippen molar-refractivity contribution in [3.05, 3.63) is 58.0 Å². The Bertz CT molecular complexity index is 606. The molecular weight excluding hydrogens is 268 g/mol. The standard InChI is InChI=1S/C12H12N2O4S/c13-7-10-3-4-11(18-10)8-19(17)12-5-1-9(2-6-12)14(15)16/h1-6H,7-8,13H2. The quantitative estimate of drug-likeness (QED) is 0.666. The van der Waals surface area contributed by atoms with E-state index in [-0.39, 0.29) is 11.4 Å². The van der Waals surface area contributed by atoms with Gasteiger partial charge in [0.25, 0.3) is 5.69 Å². The summed E-state index contributed by atoms with van der Waals surface area (Å²) in [4.78, 5) is 10.5. The van der Waals surface area contributed by atoms with Crippen LogP contribution < -0.4 is 5.73 Å². The van der Waals surface area contributed by atoms with Crippen LogP contribution in [-0.2, 0) is 23.1 Å². The Morgan fingerprint density at radius 1 is 1.16 bits per heavy atom. The Kier molecular flexibility index (Phi) is 4.08. The van der Waals surface area contributed by atoms with Crippen LogP contribution in [0.2, 0.25) is 0 Å². The second-order valence-corrected chi connectivity index (χ2v) is 5.26. The number of hydrogen-bond acceptors (Lipinski definition) is 5. The van der Waals surface area contributed by atoms with Gasteiger partial charge in [-0.05, 0) is 24.3 Å². The first kappa shape index (κ1) is 13.4. The van der Waals surface area contributed by atoms with Crippen molar-refractivity contribution in [3.8, 4) is 0 Å². The fourth-order valence-corrected chi connectivity index (χ4v) is 2.56. The third-order valence-corrected chi connectivity index (χ3v) is 3.85. The maximum absolute atomic E-state index is 12.0. The SMILES string of the molecule is NCc1ccc(CS(=O)c2ccc([N+](=O)[O-])cc2)o1. The van der Waals surface area contributed by atoms with Crippen LogP contribution in [0.5, 0.6) is 0 Å². The number of nitro groups is 1. The topological polar surface area (TPSA) is 99.4 Å². The van der Waals surface area contributed by atoms with Gasteiger partial charge < -0.3 is 10.2 Å². The summed E-state index contributed by atoms with van der Waals surface area (Å²) in [6.45, 7) is 0.296. The molecule has 1 heterocycles. The maximum Gasteiger partial charge on any atom is 0.269 e. The molecule has 0 saturated carbocycles. The van der Waals surface area contributed by atoms with E-state index in [9.17, 15) is 14.3 Å². The molecule has 0 amide bonds. The summed E-state index contributed by atoms with van der Waals surface area (Å²) in [5, 5.41) is 10.5. The largest absolute Gasteiger partial charge is 0.464 e. The molecule has 0 aliphatic rings. The number of benzene rings is 1. The molecule has 1 atom stereocenters. The van der Waals surface area contributed by atoms with Crippen LogP contribution in [0.3, 0.4) is 0 Å². The third kappa shape index (κ3) is 3.27. The molecule has 0 saturated heterocycles. The molecule has 100 valence electrons. The fraction of sp³-hybridized carbons (Fsp3) is 0.167. The van der Waals surface area contributed by atoms with Gasteiger partial charge in [-0.15, -0.1) is 0 Å². The van der Waals surface area contributed by atoms with Crippen LogP contribution in [0.1, 0.15) is 11.5 Å². The average Bonchev–Trinajstić information content (AvgIpc) is 2.86. The molecule has 0 radical (unpaired) electrons. The van der Waals surface area contributed by atoms with Crippen molar-refractivity contribution in [3.63, 3.8) is 0 Å². The number of rotatable bonds is 5. The number of nitrogens with zero attached hydrogens (tertiary/aromatic N) is 1. The predicted octanol–water partition coefficient (Wildman–Crippen LogP) is 1.95. The van der Waals surface area contributed by atoms with Crippen LogP contribution in [0.4, 0.5) is 5.69 Å². The van der Waals surface area contributed by atoms with E-state index in [0.717, 1.165) is 0 Å². The molecule has 6 nitrogen and oxygen atoms in total. The molecule has 0 aliphatic carbocycles. The van der Waals surface area contributed by atoms with Gasteiger partial charge in [0.05, 0.1) is 28.0 Å². The van der Waals surface area contributed by atoms with E-state index in [4.69, 9.17) is 10.2 Å². The molecule has 1 aromatic carbocycles. The minimum absolute atomic E-state index is 0.0239. The van der Waals surface area contributed by atoms with Gasteiger partial charge in [-0.3, -0.25) is 14.3 Å². The van der Waals surface area contributed by atoms with Crippen LogP contribution in [0.25, 0.3) is 0 Å². The van der Waals surface area contributed by atoms with Crippen molar-refractivity contribution in [2.75, 3.05) is 0 Å². The lowest BCUT2D eigenvalue weighted by atomic mass is 10.3. The Labute approximate surface area is 111 Å². The predicted molar refractivity (Wildman–Crippen MR) is 69.8 cm³/mol. The van der Waals surface area contributed by atoms with Crippen molar-refractivity contribution in [1.29, 1.82) is 0 Å². The summed E-state index contributed by atoms with van der Waals surface area (Å²) in [6, 6.07) is 9.11. The highest BCUT2D eigenvalue weighted by Crippen LogP contribution is 2.18. The minimum atomic E-state index is -1.30. The molecule has 0 aliphatic heterocycles. The summed E-state index contributed by atoms with van der Waals surface area (Å²) in [6.07, 6.45) is 0. The zero-order valence-electron chi connectivity index (χ0n) is 9.94. The Hall–Kier alpha value is -1.99. The molecule has 1 unspecified atom stereocenters. The van der Waals surface area contributed by atoms with E-state index in [1.54, 1.807) is 12.1 Å². The average molecular weight is 280 g/mol. The van der Waals surface area contributed by atoms with E-state index in [0.29, 0.717) is 23.0 Å². The van der Waals surface area contributed by atoms with Crippen molar-refractivity contribution >= 4 is 16.5 Å². The molecular formula is C12H12N2O4S. The second-order valence-electron chi connectivity index (χ2n) is 3.81. The second kappa shape index (κ2) is 5.77. The minimum Gasteiger partial charge on any atom is -0.464 e. The normalized spacial score (nSPS) is 12.3. The van der Waals surface area contributed by atoms with E-state index in [2.05, 4.69) is 0 Å². The summed E-state index contributed by atoms with van der Waals surface area (Å²) >= 11 is 0. The van der Waals surface area contributed by atoms with Crippen molar-refractivity contribution < 1.29 is 13.5 Å². The van der Waals surface area contributed by atoms with Gasteiger partial charge in [0, 0.05) is 17.0 Å². The first-order valence-corrected chi connectivity index (χ1v) is 6.82. The van der Waals surface area contributed by atoms with Gasteiger partial charge >= 0.3 is 0 Å². The van der Waals surface area contributed by atoms with E-state index < -0.39 is 15.7 Å². The highest BCUT2D eigenvalue weighted by atomic mass is 32.2. The van der Waals surface area contributed by atoms with Crippen LogP contribution in [0, 0.1) is 10.1 Å². The van der Waals surface area contributed by atoms with E-state index >= 15 is 0 Å². The number of hydrogen-bond donors (Lipinski definition) is 1. The summed E-state index contributed by atoms with van der Waals surface area (Å²) in [7, 11) is -1.30. The highest BCUT2D eigenvalue weighted by molar-refractivity contribution is 7.84. The number of nitrogens with two attached hydrogens (primary N) is 1. The van der Waals surface area contributed by atoms with Crippen molar-refractivity contribution in [2.45, 2.75) is 17.2 Å². The molecule has 1 aromatic heterocycles. The molecule has 0 spiro atoms. The lowest BCUT2D eigenvalue weighted by molar-refractivity contribution is -0.384. The molecule has 2 rings (SSSR count). The molecule has 2 aromatic rings. The Balaban J connectivity index is 2.09. The van der Waals surface area contributed by atoms with E-state index in [1.807, 2.05) is 0 Å². The van der Waals surface area contributed by atoms with Crippen molar-refractivity contribution in [2.24, 2.45) is 5.73 Å².